The van der Waals surface area contributed by atoms with Gasteiger partial charge in [0.2, 0.25) is 5.82 Å². The van der Waals surface area contributed by atoms with Crippen molar-refractivity contribution < 1.29 is 23.5 Å². The second-order valence-corrected chi connectivity index (χ2v) is 4.23. The van der Waals surface area contributed by atoms with E-state index in [1.54, 1.807) is 0 Å². The molecule has 0 amide bonds. The van der Waals surface area contributed by atoms with E-state index >= 15 is 0 Å². The Kier molecular flexibility index (Phi) is 6.67. The number of hydrogen-bond donors (Lipinski definition) is 0. The molecule has 128 valence electrons. The van der Waals surface area contributed by atoms with Crippen molar-refractivity contribution in [3.63, 3.8) is 0 Å². The SMILES string of the molecule is C#CCn1c(=O)c(F)cn(/C(=C\C(=O)OCC)C(=O)OCC)c1=O. The van der Waals surface area contributed by atoms with E-state index in [1.165, 1.54) is 13.8 Å². The summed E-state index contributed by atoms with van der Waals surface area (Å²) in [5.41, 5.74) is -2.94. The molecule has 0 radical (unpaired) electrons. The standard InChI is InChI=1S/C15H15FN2O6/c1-4-7-17-13(20)10(16)9-18(15(17)22)11(14(21)24-6-3)8-12(19)23-5-2/h1,8-9H,5-7H2,2-3H3/b11-8-. The highest BCUT2D eigenvalue weighted by atomic mass is 19.1. The number of nitrogens with zero attached hydrogens (tertiary/aromatic N) is 2. The summed E-state index contributed by atoms with van der Waals surface area (Å²) < 4.78 is 24.1. The van der Waals surface area contributed by atoms with Gasteiger partial charge in [0.1, 0.15) is 5.70 Å². The van der Waals surface area contributed by atoms with Gasteiger partial charge in [0, 0.05) is 0 Å². The monoisotopic (exact) mass is 338 g/mol. The minimum atomic E-state index is -1.33. The third-order valence-corrected chi connectivity index (χ3v) is 2.66. The van der Waals surface area contributed by atoms with Crippen LogP contribution in [0.3, 0.4) is 0 Å². The Hall–Kier alpha value is -3.15. The molecule has 0 saturated carbocycles. The molecule has 0 spiro atoms. The summed E-state index contributed by atoms with van der Waals surface area (Å²) in [6.07, 6.45) is 6.20. The van der Waals surface area contributed by atoms with Crippen molar-refractivity contribution in [2.45, 2.75) is 20.4 Å². The number of rotatable bonds is 6. The quantitative estimate of drug-likeness (QED) is 0.403. The van der Waals surface area contributed by atoms with Crippen LogP contribution in [0.1, 0.15) is 13.8 Å². The summed E-state index contributed by atoms with van der Waals surface area (Å²) in [5.74, 6) is -1.31. The summed E-state index contributed by atoms with van der Waals surface area (Å²) in [4.78, 5) is 47.5. The van der Waals surface area contributed by atoms with E-state index in [4.69, 9.17) is 11.2 Å². The van der Waals surface area contributed by atoms with Crippen LogP contribution in [0.4, 0.5) is 4.39 Å². The predicted octanol–water partition coefficient (Wildman–Crippen LogP) is -0.251. The van der Waals surface area contributed by atoms with E-state index in [9.17, 15) is 23.6 Å². The van der Waals surface area contributed by atoms with Gasteiger partial charge in [-0.3, -0.25) is 9.36 Å². The van der Waals surface area contributed by atoms with E-state index in [1.807, 2.05) is 5.92 Å². The number of carbonyl (C=O) groups excluding carboxylic acids is 2. The number of terminal acetylenes is 1. The zero-order valence-electron chi connectivity index (χ0n) is 13.1. The van der Waals surface area contributed by atoms with Crippen LogP contribution >= 0.6 is 0 Å². The minimum Gasteiger partial charge on any atom is -0.463 e. The Labute approximate surface area is 136 Å². The van der Waals surface area contributed by atoms with Crippen LogP contribution in [0, 0.1) is 18.2 Å². The number of esters is 2. The first-order valence-corrected chi connectivity index (χ1v) is 6.88. The number of aromatic nitrogens is 2. The average Bonchev–Trinajstić information content (AvgIpc) is 2.53. The number of hydrogen-bond acceptors (Lipinski definition) is 6. The normalized spacial score (nSPS) is 10.8. The Balaban J connectivity index is 3.63. The van der Waals surface area contributed by atoms with Gasteiger partial charge in [-0.1, -0.05) is 5.92 Å². The molecule has 8 nitrogen and oxygen atoms in total. The summed E-state index contributed by atoms with van der Waals surface area (Å²) >= 11 is 0. The molecule has 0 atom stereocenters. The maximum Gasteiger partial charge on any atom is 0.355 e. The minimum absolute atomic E-state index is 0.0191. The topological polar surface area (TPSA) is 96.6 Å². The van der Waals surface area contributed by atoms with Gasteiger partial charge >= 0.3 is 17.6 Å². The second-order valence-electron chi connectivity index (χ2n) is 4.23. The third kappa shape index (κ3) is 4.19. The molecule has 0 fully saturated rings. The van der Waals surface area contributed by atoms with E-state index in [2.05, 4.69) is 4.74 Å². The van der Waals surface area contributed by atoms with Crippen molar-refractivity contribution in [3.8, 4) is 12.3 Å². The highest BCUT2D eigenvalue weighted by Crippen LogP contribution is 2.06. The molecule has 24 heavy (non-hydrogen) atoms. The zero-order valence-corrected chi connectivity index (χ0v) is 13.1. The molecular weight excluding hydrogens is 323 g/mol. The van der Waals surface area contributed by atoms with Crippen molar-refractivity contribution >= 4 is 17.6 Å². The molecule has 0 bridgehead atoms. The Morgan fingerprint density at radius 2 is 1.92 bits per heavy atom. The first kappa shape index (κ1) is 18.9. The lowest BCUT2D eigenvalue weighted by molar-refractivity contribution is -0.139. The van der Waals surface area contributed by atoms with Gasteiger partial charge in [-0.2, -0.15) is 4.39 Å². The van der Waals surface area contributed by atoms with Crippen LogP contribution in [0.2, 0.25) is 0 Å². The Bertz CT molecular complexity index is 828. The fraction of sp³-hybridized carbons (Fsp3) is 0.333. The van der Waals surface area contributed by atoms with Gasteiger partial charge < -0.3 is 9.47 Å². The third-order valence-electron chi connectivity index (χ3n) is 2.66. The Morgan fingerprint density at radius 3 is 2.46 bits per heavy atom. The maximum atomic E-state index is 13.8. The van der Waals surface area contributed by atoms with Crippen LogP contribution < -0.4 is 11.2 Å². The van der Waals surface area contributed by atoms with Gasteiger partial charge in [-0.05, 0) is 13.8 Å². The van der Waals surface area contributed by atoms with Gasteiger partial charge in [0.15, 0.2) is 0 Å². The molecule has 1 heterocycles. The average molecular weight is 338 g/mol. The molecule has 0 saturated heterocycles. The number of ether oxygens (including phenoxy) is 2. The molecule has 9 heteroatoms. The van der Waals surface area contributed by atoms with Crippen molar-refractivity contribution in [2.24, 2.45) is 0 Å². The molecule has 0 aliphatic rings. The highest BCUT2D eigenvalue weighted by molar-refractivity contribution is 6.14. The fourth-order valence-corrected chi connectivity index (χ4v) is 1.70. The predicted molar refractivity (Wildman–Crippen MR) is 81.3 cm³/mol. The first-order valence-electron chi connectivity index (χ1n) is 6.88. The lowest BCUT2D eigenvalue weighted by Crippen LogP contribution is -2.41. The van der Waals surface area contributed by atoms with E-state index in [0.717, 1.165) is 0 Å². The van der Waals surface area contributed by atoms with E-state index in [-0.39, 0.29) is 13.2 Å². The number of halogens is 1. The van der Waals surface area contributed by atoms with Crippen LogP contribution in [0.5, 0.6) is 0 Å². The van der Waals surface area contributed by atoms with Gasteiger partial charge in [-0.15, -0.1) is 6.42 Å². The lowest BCUT2D eigenvalue weighted by Gasteiger charge is -2.11. The van der Waals surface area contributed by atoms with Gasteiger partial charge in [0.05, 0.1) is 32.0 Å². The molecule has 0 aliphatic carbocycles. The maximum absolute atomic E-state index is 13.8. The van der Waals surface area contributed by atoms with Crippen LogP contribution in [0.15, 0.2) is 21.9 Å². The summed E-state index contributed by atoms with van der Waals surface area (Å²) in [7, 11) is 0. The molecular formula is C15H15FN2O6. The molecule has 1 aromatic heterocycles. The molecule has 0 N–H and O–H groups in total. The smallest absolute Gasteiger partial charge is 0.355 e. The van der Waals surface area contributed by atoms with Crippen molar-refractivity contribution in [1.29, 1.82) is 0 Å². The highest BCUT2D eigenvalue weighted by Gasteiger charge is 2.21. The van der Waals surface area contributed by atoms with Gasteiger partial charge in [-0.25, -0.2) is 19.0 Å². The van der Waals surface area contributed by atoms with Crippen LogP contribution in [-0.2, 0) is 25.6 Å². The lowest BCUT2D eigenvalue weighted by atomic mass is 10.3. The first-order chi connectivity index (χ1) is 11.4. The second kappa shape index (κ2) is 8.47. The molecule has 0 aromatic carbocycles. The van der Waals surface area contributed by atoms with Crippen molar-refractivity contribution in [1.82, 2.24) is 9.13 Å². The molecule has 1 rings (SSSR count). The molecule has 0 unspecified atom stereocenters. The molecule has 0 aliphatic heterocycles. The van der Waals surface area contributed by atoms with E-state index in [0.29, 0.717) is 21.4 Å². The zero-order chi connectivity index (χ0) is 18.3. The number of carbonyl (C=O) groups is 2. The van der Waals surface area contributed by atoms with Crippen LogP contribution in [0.25, 0.3) is 5.70 Å². The van der Waals surface area contributed by atoms with Crippen molar-refractivity contribution in [2.75, 3.05) is 13.2 Å². The Morgan fingerprint density at radius 1 is 1.29 bits per heavy atom. The van der Waals surface area contributed by atoms with Crippen LogP contribution in [-0.4, -0.2) is 34.3 Å². The summed E-state index contributed by atoms with van der Waals surface area (Å²) in [6, 6.07) is 0. The van der Waals surface area contributed by atoms with Crippen molar-refractivity contribution in [3.05, 3.63) is 38.9 Å². The van der Waals surface area contributed by atoms with E-state index < -0.39 is 41.2 Å². The summed E-state index contributed by atoms with van der Waals surface area (Å²) in [5, 5.41) is 0. The summed E-state index contributed by atoms with van der Waals surface area (Å²) in [6.45, 7) is 2.49. The largest absolute Gasteiger partial charge is 0.463 e. The molecule has 1 aromatic rings. The fourth-order valence-electron chi connectivity index (χ4n) is 1.70. The van der Waals surface area contributed by atoms with Gasteiger partial charge in [0.25, 0.3) is 5.56 Å².